The van der Waals surface area contributed by atoms with Crippen LogP contribution in [0.15, 0.2) is 52.5 Å². The van der Waals surface area contributed by atoms with Crippen molar-refractivity contribution >= 4 is 51.2 Å². The molecule has 32 heavy (non-hydrogen) atoms. The maximum atomic E-state index is 12.7. The summed E-state index contributed by atoms with van der Waals surface area (Å²) in [5.41, 5.74) is 2.50. The highest BCUT2D eigenvalue weighted by Crippen LogP contribution is 2.38. The van der Waals surface area contributed by atoms with Crippen LogP contribution < -0.4 is 15.2 Å². The van der Waals surface area contributed by atoms with Gasteiger partial charge in [0, 0.05) is 6.07 Å². The van der Waals surface area contributed by atoms with Crippen molar-refractivity contribution in [3.63, 3.8) is 0 Å². The molecule has 1 saturated heterocycles. The molecule has 2 amide bonds. The molecular formula is C21H18BrN3O7. The van der Waals surface area contributed by atoms with E-state index >= 15 is 0 Å². The largest absolute Gasteiger partial charge is 0.471 e. The van der Waals surface area contributed by atoms with Crippen molar-refractivity contribution in [2.24, 2.45) is 0 Å². The van der Waals surface area contributed by atoms with Crippen molar-refractivity contribution in [2.75, 3.05) is 11.6 Å². The lowest BCUT2D eigenvalue weighted by Crippen LogP contribution is -2.35. The number of hydrogen-bond acceptors (Lipinski definition) is 7. The molecule has 1 N–H and O–H groups in total. The Balaban J connectivity index is 1.94. The minimum atomic E-state index is -1.09. The maximum absolute atomic E-state index is 12.7. The van der Waals surface area contributed by atoms with E-state index in [1.165, 1.54) is 19.1 Å². The molecule has 2 aromatic rings. The molecule has 1 aliphatic rings. The summed E-state index contributed by atoms with van der Waals surface area (Å²) < 4.78 is 10.5. The first-order valence-corrected chi connectivity index (χ1v) is 10.3. The first-order chi connectivity index (χ1) is 15.2. The zero-order chi connectivity index (χ0) is 23.4. The van der Waals surface area contributed by atoms with Gasteiger partial charge in [-0.1, -0.05) is 18.2 Å². The van der Waals surface area contributed by atoms with Gasteiger partial charge < -0.3 is 9.47 Å². The Morgan fingerprint density at radius 2 is 1.97 bits per heavy atom. The third-order valence-electron chi connectivity index (χ3n) is 4.37. The number of halogens is 1. The second kappa shape index (κ2) is 9.60. The van der Waals surface area contributed by atoms with E-state index in [2.05, 4.69) is 21.4 Å². The molecule has 1 aliphatic heterocycles. The lowest BCUT2D eigenvalue weighted by Gasteiger charge is -2.15. The molecule has 0 radical (unpaired) electrons. The van der Waals surface area contributed by atoms with Gasteiger partial charge in [0.25, 0.3) is 11.8 Å². The second-order valence-electron chi connectivity index (χ2n) is 6.60. The van der Waals surface area contributed by atoms with E-state index in [1.807, 2.05) is 0 Å². The Bertz CT molecular complexity index is 1120. The van der Waals surface area contributed by atoms with Crippen LogP contribution in [0.3, 0.4) is 0 Å². The Morgan fingerprint density at radius 1 is 1.28 bits per heavy atom. The summed E-state index contributed by atoms with van der Waals surface area (Å²) in [6.07, 6.45) is 0.160. The van der Waals surface area contributed by atoms with Crippen molar-refractivity contribution in [3.8, 4) is 5.75 Å². The zero-order valence-corrected chi connectivity index (χ0v) is 18.6. The zero-order valence-electron chi connectivity index (χ0n) is 17.0. The molecule has 11 heteroatoms. The molecule has 166 valence electrons. The van der Waals surface area contributed by atoms with Crippen LogP contribution in [0.25, 0.3) is 6.08 Å². The van der Waals surface area contributed by atoms with Gasteiger partial charge >= 0.3 is 11.7 Å². The van der Waals surface area contributed by atoms with Crippen LogP contribution in [0.2, 0.25) is 0 Å². The van der Waals surface area contributed by atoms with Crippen LogP contribution in [0.5, 0.6) is 5.75 Å². The first kappa shape index (κ1) is 22.9. The average molecular weight is 504 g/mol. The predicted molar refractivity (Wildman–Crippen MR) is 118 cm³/mol. The molecule has 0 spiro atoms. The van der Waals surface area contributed by atoms with E-state index in [4.69, 9.17) is 9.47 Å². The van der Waals surface area contributed by atoms with Gasteiger partial charge in [-0.15, -0.1) is 0 Å². The molecular weight excluding hydrogens is 486 g/mol. The Kier molecular flexibility index (Phi) is 6.89. The highest BCUT2D eigenvalue weighted by molar-refractivity contribution is 9.10. The van der Waals surface area contributed by atoms with Crippen LogP contribution in [-0.4, -0.2) is 35.4 Å². The number of nitrogens with one attached hydrogen (secondary N) is 1. The molecule has 3 rings (SSSR count). The fraction of sp³-hybridized carbons (Fsp3) is 0.190. The number of carbonyl (C=O) groups excluding carboxylic acids is 3. The van der Waals surface area contributed by atoms with Crippen LogP contribution in [0, 0.1) is 10.1 Å². The number of nitro groups is 1. The summed E-state index contributed by atoms with van der Waals surface area (Å²) in [4.78, 5) is 47.8. The van der Waals surface area contributed by atoms with Crippen molar-refractivity contribution < 1.29 is 28.8 Å². The van der Waals surface area contributed by atoms with E-state index in [-0.39, 0.29) is 28.0 Å². The highest BCUT2D eigenvalue weighted by atomic mass is 79.9. The monoisotopic (exact) mass is 503 g/mol. The second-order valence-corrected chi connectivity index (χ2v) is 7.45. The number of nitro benzene ring substituents is 1. The molecule has 1 atom stereocenters. The highest BCUT2D eigenvalue weighted by Gasteiger charge is 2.35. The standard InChI is InChI=1S/C21H18BrN3O7/c1-3-31-21(28)12(2)32-18-16(22)10-13(11-17(18)25(29)30)9-15-19(26)23-24(20(15)27)14-7-5-4-6-8-14/h4-12H,3H2,1-2H3,(H,23,26)/b15-9-/t12-/m0/s1. The number of benzene rings is 2. The Labute approximate surface area is 191 Å². The molecule has 0 aliphatic carbocycles. The average Bonchev–Trinajstić information content (AvgIpc) is 3.04. The topological polar surface area (TPSA) is 128 Å². The van der Waals surface area contributed by atoms with Gasteiger partial charge in [-0.3, -0.25) is 25.1 Å². The number of hydrogen-bond donors (Lipinski definition) is 1. The van der Waals surface area contributed by atoms with Gasteiger partial charge in [-0.05, 0) is 59.6 Å². The van der Waals surface area contributed by atoms with Crippen molar-refractivity contribution in [3.05, 3.63) is 68.2 Å². The number of amides is 2. The van der Waals surface area contributed by atoms with Gasteiger partial charge in [0.15, 0.2) is 6.10 Å². The van der Waals surface area contributed by atoms with Gasteiger partial charge in [0.05, 0.1) is 21.7 Å². The van der Waals surface area contributed by atoms with E-state index in [1.54, 1.807) is 37.3 Å². The Morgan fingerprint density at radius 3 is 2.59 bits per heavy atom. The van der Waals surface area contributed by atoms with Crippen molar-refractivity contribution in [2.45, 2.75) is 20.0 Å². The van der Waals surface area contributed by atoms with Gasteiger partial charge in [-0.2, -0.15) is 0 Å². The molecule has 2 aromatic carbocycles. The number of esters is 1. The quantitative estimate of drug-likeness (QED) is 0.202. The SMILES string of the molecule is CCOC(=O)[C@H](C)Oc1c(Br)cc(/C=C2/C(=O)NN(c3ccccc3)C2=O)cc1[N+](=O)[O-]. The number of carbonyl (C=O) groups is 3. The molecule has 0 bridgehead atoms. The summed E-state index contributed by atoms with van der Waals surface area (Å²) in [5.74, 6) is -2.09. The van der Waals surface area contributed by atoms with Crippen LogP contribution >= 0.6 is 15.9 Å². The number of nitrogens with zero attached hydrogens (tertiary/aromatic N) is 2. The van der Waals surface area contributed by atoms with Crippen LogP contribution in [0.1, 0.15) is 19.4 Å². The number of rotatable bonds is 7. The fourth-order valence-electron chi connectivity index (χ4n) is 2.90. The molecule has 0 unspecified atom stereocenters. The number of para-hydroxylation sites is 1. The number of ether oxygens (including phenoxy) is 2. The molecule has 10 nitrogen and oxygen atoms in total. The number of hydrazine groups is 1. The predicted octanol–water partition coefficient (Wildman–Crippen LogP) is 3.15. The van der Waals surface area contributed by atoms with Crippen LogP contribution in [-0.2, 0) is 19.1 Å². The van der Waals surface area contributed by atoms with E-state index in [0.717, 1.165) is 11.1 Å². The minimum Gasteiger partial charge on any atom is -0.471 e. The van der Waals surface area contributed by atoms with Crippen LogP contribution in [0.4, 0.5) is 11.4 Å². The number of anilines is 1. The summed E-state index contributed by atoms with van der Waals surface area (Å²) >= 11 is 3.20. The van der Waals surface area contributed by atoms with Crippen molar-refractivity contribution in [1.82, 2.24) is 5.43 Å². The molecule has 0 aromatic heterocycles. The van der Waals surface area contributed by atoms with E-state index in [9.17, 15) is 24.5 Å². The lowest BCUT2D eigenvalue weighted by atomic mass is 10.1. The molecule has 0 saturated carbocycles. The fourth-order valence-corrected chi connectivity index (χ4v) is 3.46. The third-order valence-corrected chi connectivity index (χ3v) is 4.96. The summed E-state index contributed by atoms with van der Waals surface area (Å²) in [7, 11) is 0. The normalized spacial score (nSPS) is 15.5. The summed E-state index contributed by atoms with van der Waals surface area (Å²) in [5, 5.41) is 12.7. The van der Waals surface area contributed by atoms with Gasteiger partial charge in [0.2, 0.25) is 5.75 Å². The molecule has 1 heterocycles. The van der Waals surface area contributed by atoms with E-state index in [0.29, 0.717) is 5.69 Å². The Hall–Kier alpha value is -3.73. The molecule has 1 fully saturated rings. The van der Waals surface area contributed by atoms with Gasteiger partial charge in [0.1, 0.15) is 5.57 Å². The van der Waals surface area contributed by atoms with Crippen molar-refractivity contribution in [1.29, 1.82) is 0 Å². The summed E-state index contributed by atoms with van der Waals surface area (Å²) in [6, 6.07) is 11.1. The van der Waals surface area contributed by atoms with Gasteiger partial charge in [-0.25, -0.2) is 9.80 Å². The van der Waals surface area contributed by atoms with E-state index < -0.39 is 34.5 Å². The first-order valence-electron chi connectivity index (χ1n) is 9.46. The smallest absolute Gasteiger partial charge is 0.347 e. The lowest BCUT2D eigenvalue weighted by molar-refractivity contribution is -0.386. The maximum Gasteiger partial charge on any atom is 0.347 e. The third kappa shape index (κ3) is 4.78. The minimum absolute atomic E-state index is 0.137. The summed E-state index contributed by atoms with van der Waals surface area (Å²) in [6.45, 7) is 3.17.